The van der Waals surface area contributed by atoms with E-state index < -0.39 is 0 Å². The van der Waals surface area contributed by atoms with Crippen molar-refractivity contribution in [2.75, 3.05) is 0 Å². The summed E-state index contributed by atoms with van der Waals surface area (Å²) in [6.45, 7) is 3.99. The molecular weight excluding hydrogens is 316 g/mol. The van der Waals surface area contributed by atoms with Crippen LogP contribution < -0.4 is 4.74 Å². The van der Waals surface area contributed by atoms with Crippen LogP contribution >= 0.6 is 0 Å². The second-order valence-electron chi connectivity index (χ2n) is 7.29. The molecule has 0 saturated carbocycles. The zero-order valence-corrected chi connectivity index (χ0v) is 14.7. The van der Waals surface area contributed by atoms with E-state index in [1.165, 1.54) is 0 Å². The van der Waals surface area contributed by atoms with Gasteiger partial charge in [0.05, 0.1) is 12.1 Å². The maximum absolute atomic E-state index is 13.0. The summed E-state index contributed by atoms with van der Waals surface area (Å²) in [5, 5.41) is 4.29. The number of nitrogens with zero attached hydrogens (tertiary/aromatic N) is 4. The van der Waals surface area contributed by atoms with E-state index in [9.17, 15) is 4.79 Å². The maximum atomic E-state index is 13.0. The molecule has 3 heterocycles. The fourth-order valence-corrected chi connectivity index (χ4v) is 4.20. The van der Waals surface area contributed by atoms with Gasteiger partial charge in [0.15, 0.2) is 0 Å². The van der Waals surface area contributed by atoms with Crippen molar-refractivity contribution in [3.63, 3.8) is 0 Å². The first-order chi connectivity index (χ1) is 12.1. The van der Waals surface area contributed by atoms with E-state index in [0.29, 0.717) is 18.1 Å². The van der Waals surface area contributed by atoms with Crippen LogP contribution in [0.2, 0.25) is 0 Å². The lowest BCUT2D eigenvalue weighted by Gasteiger charge is -2.39. The minimum absolute atomic E-state index is 0.133. The minimum atomic E-state index is 0.133. The highest BCUT2D eigenvalue weighted by atomic mass is 16.5. The number of amides is 1. The molecule has 132 valence electrons. The summed E-state index contributed by atoms with van der Waals surface area (Å²) in [6, 6.07) is 8.48. The van der Waals surface area contributed by atoms with Crippen molar-refractivity contribution < 1.29 is 9.53 Å². The van der Waals surface area contributed by atoms with Crippen molar-refractivity contribution in [3.05, 3.63) is 42.5 Å². The van der Waals surface area contributed by atoms with Gasteiger partial charge in [-0.3, -0.25) is 4.79 Å². The van der Waals surface area contributed by atoms with Crippen molar-refractivity contribution in [1.29, 1.82) is 0 Å². The molecule has 1 amide bonds. The lowest BCUT2D eigenvalue weighted by Crippen LogP contribution is -2.47. The number of rotatable bonds is 4. The molecule has 25 heavy (non-hydrogen) atoms. The van der Waals surface area contributed by atoms with Crippen molar-refractivity contribution >= 4 is 5.91 Å². The Bertz CT molecular complexity index is 712. The van der Waals surface area contributed by atoms with E-state index in [4.69, 9.17) is 4.74 Å². The Hall–Kier alpha value is -2.37. The molecule has 0 N–H and O–H groups in total. The predicted octanol–water partition coefficient (Wildman–Crippen LogP) is 3.07. The average molecular weight is 340 g/mol. The largest absolute Gasteiger partial charge is 0.491 e. The first kappa shape index (κ1) is 16.1. The standard InChI is InChI=1S/C19H24N4O2/c1-13(2)25-18-7-3-14(4-8-18)19(24)23-15-5-6-16(23)10-17(9-15)22-12-20-11-21-22/h3-4,7-8,11-13,15-17H,5-6,9-10H2,1-2H3. The Kier molecular flexibility index (Phi) is 4.19. The van der Waals surface area contributed by atoms with Crippen LogP contribution in [0.3, 0.4) is 0 Å². The van der Waals surface area contributed by atoms with Gasteiger partial charge in [0, 0.05) is 17.6 Å². The zero-order valence-electron chi connectivity index (χ0n) is 14.7. The van der Waals surface area contributed by atoms with Gasteiger partial charge in [0.1, 0.15) is 18.4 Å². The number of fused-ring (bicyclic) bond motifs is 2. The van der Waals surface area contributed by atoms with Gasteiger partial charge in [0.2, 0.25) is 0 Å². The Balaban J connectivity index is 1.48. The molecule has 2 saturated heterocycles. The van der Waals surface area contributed by atoms with Gasteiger partial charge in [0.25, 0.3) is 5.91 Å². The molecule has 2 bridgehead atoms. The van der Waals surface area contributed by atoms with Gasteiger partial charge < -0.3 is 9.64 Å². The molecule has 0 spiro atoms. The second-order valence-corrected chi connectivity index (χ2v) is 7.29. The number of carbonyl (C=O) groups is 1. The SMILES string of the molecule is CC(C)Oc1ccc(C(=O)N2C3CCC2CC(n2cncn2)C3)cc1. The molecule has 2 unspecified atom stereocenters. The minimum Gasteiger partial charge on any atom is -0.491 e. The smallest absolute Gasteiger partial charge is 0.254 e. The van der Waals surface area contributed by atoms with Crippen LogP contribution in [0.1, 0.15) is 55.9 Å². The average Bonchev–Trinajstić information content (AvgIpc) is 3.21. The molecule has 6 heteroatoms. The maximum Gasteiger partial charge on any atom is 0.254 e. The molecule has 6 nitrogen and oxygen atoms in total. The Morgan fingerprint density at radius 3 is 2.36 bits per heavy atom. The fraction of sp³-hybridized carbons (Fsp3) is 0.526. The lowest BCUT2D eigenvalue weighted by molar-refractivity contribution is 0.0524. The topological polar surface area (TPSA) is 60.2 Å². The van der Waals surface area contributed by atoms with Gasteiger partial charge in [-0.15, -0.1) is 0 Å². The summed E-state index contributed by atoms with van der Waals surface area (Å²) in [5.74, 6) is 0.944. The Morgan fingerprint density at radius 1 is 1.12 bits per heavy atom. The molecule has 1 aromatic carbocycles. The van der Waals surface area contributed by atoms with Crippen LogP contribution in [-0.4, -0.2) is 43.8 Å². The van der Waals surface area contributed by atoms with Gasteiger partial charge >= 0.3 is 0 Å². The summed E-state index contributed by atoms with van der Waals surface area (Å²) in [7, 11) is 0. The number of ether oxygens (including phenoxy) is 1. The van der Waals surface area contributed by atoms with Crippen molar-refractivity contribution in [2.24, 2.45) is 0 Å². The Labute approximate surface area is 147 Å². The normalized spacial score (nSPS) is 25.4. The van der Waals surface area contributed by atoms with Crippen LogP contribution in [0.15, 0.2) is 36.9 Å². The summed E-state index contributed by atoms with van der Waals surface area (Å²) in [5.41, 5.74) is 0.743. The number of benzene rings is 1. The predicted molar refractivity (Wildman–Crippen MR) is 93.5 cm³/mol. The first-order valence-electron chi connectivity index (χ1n) is 9.05. The third-order valence-corrected chi connectivity index (χ3v) is 5.23. The van der Waals surface area contributed by atoms with Crippen LogP contribution in [0.4, 0.5) is 0 Å². The second kappa shape index (κ2) is 6.50. The highest BCUT2D eigenvalue weighted by Gasteiger charge is 2.44. The zero-order chi connectivity index (χ0) is 17.4. The molecule has 1 aromatic heterocycles. The van der Waals surface area contributed by atoms with E-state index in [-0.39, 0.29) is 12.0 Å². The Morgan fingerprint density at radius 2 is 1.80 bits per heavy atom. The van der Waals surface area contributed by atoms with Crippen molar-refractivity contribution in [3.8, 4) is 5.75 Å². The van der Waals surface area contributed by atoms with Crippen LogP contribution in [0.5, 0.6) is 5.75 Å². The highest BCUT2D eigenvalue weighted by molar-refractivity contribution is 5.95. The molecule has 2 aliphatic rings. The quantitative estimate of drug-likeness (QED) is 0.858. The summed E-state index contributed by atoms with van der Waals surface area (Å²) < 4.78 is 7.61. The molecule has 4 rings (SSSR count). The number of hydrogen-bond donors (Lipinski definition) is 0. The fourth-order valence-electron chi connectivity index (χ4n) is 4.20. The van der Waals surface area contributed by atoms with Crippen molar-refractivity contribution in [2.45, 2.75) is 63.8 Å². The summed E-state index contributed by atoms with van der Waals surface area (Å²) >= 11 is 0. The van der Waals surface area contributed by atoms with Gasteiger partial charge in [-0.2, -0.15) is 5.10 Å². The van der Waals surface area contributed by atoms with Crippen LogP contribution in [0, 0.1) is 0 Å². The van der Waals surface area contributed by atoms with Gasteiger partial charge in [-0.25, -0.2) is 9.67 Å². The van der Waals surface area contributed by atoms with Gasteiger partial charge in [-0.05, 0) is 63.8 Å². The van der Waals surface area contributed by atoms with Gasteiger partial charge in [-0.1, -0.05) is 0 Å². The third kappa shape index (κ3) is 3.13. The highest BCUT2D eigenvalue weighted by Crippen LogP contribution is 2.41. The molecule has 0 radical (unpaired) electrons. The van der Waals surface area contributed by atoms with E-state index in [1.54, 1.807) is 12.7 Å². The van der Waals surface area contributed by atoms with Crippen LogP contribution in [0.25, 0.3) is 0 Å². The first-order valence-corrected chi connectivity index (χ1v) is 9.05. The lowest BCUT2D eigenvalue weighted by atomic mass is 9.96. The number of carbonyl (C=O) groups excluding carboxylic acids is 1. The van der Waals surface area contributed by atoms with E-state index >= 15 is 0 Å². The molecule has 2 aliphatic heterocycles. The molecule has 0 aliphatic carbocycles. The molecular formula is C19H24N4O2. The molecule has 2 fully saturated rings. The summed E-state index contributed by atoms with van der Waals surface area (Å²) in [4.78, 5) is 19.2. The monoisotopic (exact) mass is 340 g/mol. The van der Waals surface area contributed by atoms with E-state index in [0.717, 1.165) is 37.0 Å². The van der Waals surface area contributed by atoms with Crippen LogP contribution in [-0.2, 0) is 0 Å². The molecule has 2 aromatic rings. The summed E-state index contributed by atoms with van der Waals surface area (Å²) in [6.07, 6.45) is 7.58. The third-order valence-electron chi connectivity index (χ3n) is 5.23. The molecule has 2 atom stereocenters. The number of hydrogen-bond acceptors (Lipinski definition) is 4. The van der Waals surface area contributed by atoms with E-state index in [2.05, 4.69) is 15.0 Å². The van der Waals surface area contributed by atoms with E-state index in [1.807, 2.05) is 42.8 Å². The number of aromatic nitrogens is 3. The number of piperidine rings is 1. The van der Waals surface area contributed by atoms with Crippen molar-refractivity contribution in [1.82, 2.24) is 19.7 Å².